The van der Waals surface area contributed by atoms with Crippen LogP contribution in [0.3, 0.4) is 0 Å². The largest absolute Gasteiger partial charge is 0.467 e. The van der Waals surface area contributed by atoms with Gasteiger partial charge in [0.2, 0.25) is 11.9 Å². The average Bonchev–Trinajstić information content (AvgIpc) is 2.37. The van der Waals surface area contributed by atoms with Crippen LogP contribution in [0.25, 0.3) is 0 Å². The predicted molar refractivity (Wildman–Crippen MR) is 69.6 cm³/mol. The van der Waals surface area contributed by atoms with Gasteiger partial charge < -0.3 is 15.8 Å². The van der Waals surface area contributed by atoms with E-state index >= 15 is 0 Å². The first kappa shape index (κ1) is 12.4. The Hall–Kier alpha value is -2.08. The van der Waals surface area contributed by atoms with Crippen molar-refractivity contribution in [2.24, 2.45) is 0 Å². The van der Waals surface area contributed by atoms with E-state index in [4.69, 9.17) is 22.1 Å². The van der Waals surface area contributed by atoms with Gasteiger partial charge >= 0.3 is 6.01 Å². The Bertz CT molecular complexity index is 531. The number of ether oxygens (including phenoxy) is 1. The molecule has 0 aliphatic carbocycles. The lowest BCUT2D eigenvalue weighted by Crippen LogP contribution is -2.08. The van der Waals surface area contributed by atoms with E-state index in [2.05, 4.69) is 20.3 Å². The highest BCUT2D eigenvalue weighted by molar-refractivity contribution is 6.30. The fraction of sp³-hybridized carbons (Fsp3) is 0.182. The molecule has 3 N–H and O–H groups in total. The number of hydrogen-bond donors (Lipinski definition) is 2. The molecule has 94 valence electrons. The van der Waals surface area contributed by atoms with Gasteiger partial charge in [0.15, 0.2) is 0 Å². The molecule has 0 aliphatic rings. The Morgan fingerprint density at radius 2 is 1.94 bits per heavy atom. The van der Waals surface area contributed by atoms with E-state index < -0.39 is 0 Å². The third kappa shape index (κ3) is 3.21. The van der Waals surface area contributed by atoms with Crippen LogP contribution in [0.2, 0.25) is 5.02 Å². The van der Waals surface area contributed by atoms with Gasteiger partial charge in [0.05, 0.1) is 7.11 Å². The predicted octanol–water partition coefficient (Wildman–Crippen LogP) is 1.73. The lowest BCUT2D eigenvalue weighted by atomic mass is 10.2. The summed E-state index contributed by atoms with van der Waals surface area (Å²) in [5.41, 5.74) is 6.58. The molecule has 1 heterocycles. The summed E-state index contributed by atoms with van der Waals surface area (Å²) in [6.45, 7) is 0.559. The minimum atomic E-state index is 0.112. The maximum absolute atomic E-state index is 5.80. The van der Waals surface area contributed by atoms with Crippen LogP contribution in [-0.2, 0) is 6.54 Å². The van der Waals surface area contributed by atoms with Crippen molar-refractivity contribution >= 4 is 23.5 Å². The highest BCUT2D eigenvalue weighted by Crippen LogP contribution is 2.12. The highest BCUT2D eigenvalue weighted by Gasteiger charge is 2.03. The SMILES string of the molecule is COc1nc(N)nc(NCc2ccc(Cl)cc2)n1. The lowest BCUT2D eigenvalue weighted by molar-refractivity contribution is 0.379. The summed E-state index contributed by atoms with van der Waals surface area (Å²) in [5.74, 6) is 0.481. The van der Waals surface area contributed by atoms with Gasteiger partial charge in [-0.25, -0.2) is 0 Å². The number of methoxy groups -OCH3 is 1. The van der Waals surface area contributed by atoms with E-state index in [9.17, 15) is 0 Å². The molecule has 1 aromatic heterocycles. The van der Waals surface area contributed by atoms with Crippen molar-refractivity contribution in [3.8, 4) is 6.01 Å². The number of anilines is 2. The summed E-state index contributed by atoms with van der Waals surface area (Å²) in [6.07, 6.45) is 0. The number of nitrogen functional groups attached to an aromatic ring is 1. The van der Waals surface area contributed by atoms with Gasteiger partial charge in [-0.15, -0.1) is 0 Å². The van der Waals surface area contributed by atoms with Crippen molar-refractivity contribution in [1.29, 1.82) is 0 Å². The maximum atomic E-state index is 5.80. The van der Waals surface area contributed by atoms with Crippen LogP contribution in [0, 0.1) is 0 Å². The quantitative estimate of drug-likeness (QED) is 0.876. The Morgan fingerprint density at radius 1 is 1.22 bits per heavy atom. The second kappa shape index (κ2) is 5.50. The average molecular weight is 266 g/mol. The zero-order valence-electron chi connectivity index (χ0n) is 9.72. The van der Waals surface area contributed by atoms with Gasteiger partial charge in [-0.2, -0.15) is 15.0 Å². The molecule has 1 aromatic carbocycles. The third-order valence-electron chi connectivity index (χ3n) is 2.18. The smallest absolute Gasteiger partial charge is 0.322 e. The molecule has 0 atom stereocenters. The van der Waals surface area contributed by atoms with E-state index in [1.807, 2.05) is 24.3 Å². The topological polar surface area (TPSA) is 86.0 Å². The fourth-order valence-electron chi connectivity index (χ4n) is 1.33. The molecule has 0 bridgehead atoms. The standard InChI is InChI=1S/C11H12ClN5O/c1-18-11-16-9(13)15-10(17-11)14-6-7-2-4-8(12)5-3-7/h2-5H,6H2,1H3,(H3,13,14,15,16,17). The number of aromatic nitrogens is 3. The fourth-order valence-corrected chi connectivity index (χ4v) is 1.45. The van der Waals surface area contributed by atoms with Crippen LogP contribution in [0.1, 0.15) is 5.56 Å². The molecule has 0 amide bonds. The molecule has 0 spiro atoms. The maximum Gasteiger partial charge on any atom is 0.322 e. The van der Waals surface area contributed by atoms with Crippen molar-refractivity contribution in [2.75, 3.05) is 18.2 Å². The molecule has 7 heteroatoms. The summed E-state index contributed by atoms with van der Waals surface area (Å²) in [5, 5.41) is 3.73. The van der Waals surface area contributed by atoms with E-state index in [1.54, 1.807) is 0 Å². The Labute approximate surface area is 109 Å². The normalized spacial score (nSPS) is 10.1. The second-order valence-electron chi connectivity index (χ2n) is 3.48. The Kier molecular flexibility index (Phi) is 3.78. The van der Waals surface area contributed by atoms with Crippen molar-refractivity contribution in [1.82, 2.24) is 15.0 Å². The first-order chi connectivity index (χ1) is 8.67. The first-order valence-electron chi connectivity index (χ1n) is 5.21. The van der Waals surface area contributed by atoms with Crippen molar-refractivity contribution in [2.45, 2.75) is 6.54 Å². The molecule has 2 aromatic rings. The van der Waals surface area contributed by atoms with Crippen LogP contribution < -0.4 is 15.8 Å². The van der Waals surface area contributed by atoms with E-state index in [1.165, 1.54) is 7.11 Å². The Balaban J connectivity index is 2.05. The number of benzene rings is 1. The zero-order valence-corrected chi connectivity index (χ0v) is 10.5. The molecule has 0 saturated carbocycles. The van der Waals surface area contributed by atoms with Gasteiger partial charge in [0.1, 0.15) is 0 Å². The summed E-state index contributed by atoms with van der Waals surface area (Å²) in [7, 11) is 1.47. The number of rotatable bonds is 4. The minimum Gasteiger partial charge on any atom is -0.467 e. The number of nitrogens with one attached hydrogen (secondary N) is 1. The van der Waals surface area contributed by atoms with Crippen LogP contribution in [0.5, 0.6) is 6.01 Å². The van der Waals surface area contributed by atoms with Crippen molar-refractivity contribution < 1.29 is 4.74 Å². The molecule has 0 unspecified atom stereocenters. The summed E-state index contributed by atoms with van der Waals surface area (Å²) >= 11 is 5.80. The summed E-state index contributed by atoms with van der Waals surface area (Å²) in [4.78, 5) is 11.8. The number of nitrogens with zero attached hydrogens (tertiary/aromatic N) is 3. The summed E-state index contributed by atoms with van der Waals surface area (Å²) < 4.78 is 4.90. The number of halogens is 1. The van der Waals surface area contributed by atoms with E-state index in [0.29, 0.717) is 17.5 Å². The van der Waals surface area contributed by atoms with Crippen LogP contribution in [0.4, 0.5) is 11.9 Å². The molecule has 0 radical (unpaired) electrons. The second-order valence-corrected chi connectivity index (χ2v) is 3.92. The minimum absolute atomic E-state index is 0.112. The molecule has 0 fully saturated rings. The Morgan fingerprint density at radius 3 is 2.61 bits per heavy atom. The molecular weight excluding hydrogens is 254 g/mol. The van der Waals surface area contributed by atoms with Crippen molar-refractivity contribution in [3.63, 3.8) is 0 Å². The summed E-state index contributed by atoms with van der Waals surface area (Å²) in [6, 6.07) is 7.65. The molecule has 2 rings (SSSR count). The highest BCUT2D eigenvalue weighted by atomic mass is 35.5. The first-order valence-corrected chi connectivity index (χ1v) is 5.59. The van der Waals surface area contributed by atoms with E-state index in [0.717, 1.165) is 5.56 Å². The lowest BCUT2D eigenvalue weighted by Gasteiger charge is -2.06. The van der Waals surface area contributed by atoms with Gasteiger partial charge in [-0.05, 0) is 17.7 Å². The van der Waals surface area contributed by atoms with Crippen LogP contribution >= 0.6 is 11.6 Å². The molecule has 6 nitrogen and oxygen atoms in total. The molecule has 0 aliphatic heterocycles. The molecule has 0 saturated heterocycles. The molecular formula is C11H12ClN5O. The van der Waals surface area contributed by atoms with Crippen LogP contribution in [0.15, 0.2) is 24.3 Å². The van der Waals surface area contributed by atoms with Crippen LogP contribution in [-0.4, -0.2) is 22.1 Å². The molecule has 18 heavy (non-hydrogen) atoms. The van der Waals surface area contributed by atoms with Gasteiger partial charge in [0, 0.05) is 11.6 Å². The van der Waals surface area contributed by atoms with Gasteiger partial charge in [-0.3, -0.25) is 0 Å². The van der Waals surface area contributed by atoms with Gasteiger partial charge in [-0.1, -0.05) is 23.7 Å². The number of hydrogen-bond acceptors (Lipinski definition) is 6. The van der Waals surface area contributed by atoms with Crippen molar-refractivity contribution in [3.05, 3.63) is 34.9 Å². The zero-order chi connectivity index (χ0) is 13.0. The van der Waals surface area contributed by atoms with Gasteiger partial charge in [0.25, 0.3) is 0 Å². The third-order valence-corrected chi connectivity index (χ3v) is 2.43. The number of nitrogens with two attached hydrogens (primary N) is 1. The monoisotopic (exact) mass is 265 g/mol. The van der Waals surface area contributed by atoms with E-state index in [-0.39, 0.29) is 12.0 Å².